The highest BCUT2D eigenvalue weighted by atomic mass is 32.2. The standard InChI is InChI=1S/C33H34N4O5S/c1-26-12-18-31(19-13-26)43(40,41)37(21-20-27-8-4-2-5-9-27)24-32(38)36-35-23-29-14-16-30(17-15-29)42-25-33(39)34-22-28-10-6-3-7-11-28/h2-19,23H,20-22,24-25H2,1H3,(H,34,39)(H,36,38)/b35-23+. The number of carbonyl (C=O) groups is 2. The normalized spacial score (nSPS) is 11.4. The number of hydrazone groups is 1. The fourth-order valence-corrected chi connectivity index (χ4v) is 5.46. The van der Waals surface area contributed by atoms with E-state index >= 15 is 0 Å². The molecule has 0 radical (unpaired) electrons. The Balaban J connectivity index is 1.29. The molecule has 0 unspecified atom stereocenters. The van der Waals surface area contributed by atoms with E-state index in [2.05, 4.69) is 15.8 Å². The van der Waals surface area contributed by atoms with Gasteiger partial charge in [-0.3, -0.25) is 9.59 Å². The highest BCUT2D eigenvalue weighted by Crippen LogP contribution is 2.17. The molecule has 0 fully saturated rings. The third-order valence-electron chi connectivity index (χ3n) is 6.46. The van der Waals surface area contributed by atoms with Crippen LogP contribution >= 0.6 is 0 Å². The van der Waals surface area contributed by atoms with Gasteiger partial charge in [-0.1, -0.05) is 78.4 Å². The van der Waals surface area contributed by atoms with E-state index in [9.17, 15) is 18.0 Å². The summed E-state index contributed by atoms with van der Waals surface area (Å²) >= 11 is 0. The summed E-state index contributed by atoms with van der Waals surface area (Å²) in [5.74, 6) is -0.299. The maximum absolute atomic E-state index is 13.4. The Morgan fingerprint density at radius 3 is 2.09 bits per heavy atom. The molecule has 4 aromatic carbocycles. The number of rotatable bonds is 14. The number of hydrogen-bond acceptors (Lipinski definition) is 6. The summed E-state index contributed by atoms with van der Waals surface area (Å²) in [6.07, 6.45) is 1.89. The van der Waals surface area contributed by atoms with Crippen LogP contribution in [0.25, 0.3) is 0 Å². The van der Waals surface area contributed by atoms with Gasteiger partial charge in [0.05, 0.1) is 17.7 Å². The highest BCUT2D eigenvalue weighted by molar-refractivity contribution is 7.89. The minimum atomic E-state index is -3.92. The molecule has 10 heteroatoms. The Kier molecular flexibility index (Phi) is 11.2. The maximum Gasteiger partial charge on any atom is 0.258 e. The minimum Gasteiger partial charge on any atom is -0.484 e. The van der Waals surface area contributed by atoms with Gasteiger partial charge < -0.3 is 10.1 Å². The second-order valence-electron chi connectivity index (χ2n) is 9.80. The summed E-state index contributed by atoms with van der Waals surface area (Å²) in [6.45, 7) is 1.92. The molecule has 222 valence electrons. The summed E-state index contributed by atoms with van der Waals surface area (Å²) in [4.78, 5) is 24.9. The molecule has 4 aromatic rings. The maximum atomic E-state index is 13.4. The van der Waals surface area contributed by atoms with Gasteiger partial charge in [-0.25, -0.2) is 13.8 Å². The molecule has 0 saturated carbocycles. The average molecular weight is 599 g/mol. The second kappa shape index (κ2) is 15.4. The topological polar surface area (TPSA) is 117 Å². The lowest BCUT2D eigenvalue weighted by Gasteiger charge is -2.21. The molecule has 43 heavy (non-hydrogen) atoms. The summed E-state index contributed by atoms with van der Waals surface area (Å²) in [6, 6.07) is 32.4. The van der Waals surface area contributed by atoms with Crippen LogP contribution < -0.4 is 15.5 Å². The van der Waals surface area contributed by atoms with Crippen LogP contribution in [0.3, 0.4) is 0 Å². The molecular weight excluding hydrogens is 564 g/mol. The minimum absolute atomic E-state index is 0.122. The fourth-order valence-electron chi connectivity index (χ4n) is 4.06. The van der Waals surface area contributed by atoms with Crippen LogP contribution in [-0.4, -0.2) is 50.4 Å². The van der Waals surface area contributed by atoms with Gasteiger partial charge in [0, 0.05) is 13.1 Å². The van der Waals surface area contributed by atoms with E-state index in [1.807, 2.05) is 67.6 Å². The zero-order chi connectivity index (χ0) is 30.5. The van der Waals surface area contributed by atoms with E-state index in [-0.39, 0.29) is 30.5 Å². The number of ether oxygens (including phenoxy) is 1. The molecule has 9 nitrogen and oxygen atoms in total. The van der Waals surface area contributed by atoms with Crippen LogP contribution in [0, 0.1) is 6.92 Å². The molecule has 2 N–H and O–H groups in total. The van der Waals surface area contributed by atoms with Gasteiger partial charge in [-0.2, -0.15) is 9.41 Å². The first-order valence-electron chi connectivity index (χ1n) is 13.8. The quantitative estimate of drug-likeness (QED) is 0.168. The Bertz CT molecular complexity index is 1610. The molecule has 0 heterocycles. The van der Waals surface area contributed by atoms with Crippen molar-refractivity contribution in [2.45, 2.75) is 24.8 Å². The molecular formula is C33H34N4O5S. The predicted molar refractivity (Wildman–Crippen MR) is 166 cm³/mol. The monoisotopic (exact) mass is 598 g/mol. The third kappa shape index (κ3) is 9.91. The van der Waals surface area contributed by atoms with Crippen molar-refractivity contribution in [2.24, 2.45) is 5.10 Å². The van der Waals surface area contributed by atoms with Crippen LogP contribution in [-0.2, 0) is 32.6 Å². The summed E-state index contributed by atoms with van der Waals surface area (Å²) in [7, 11) is -3.92. The smallest absolute Gasteiger partial charge is 0.258 e. The van der Waals surface area contributed by atoms with Crippen LogP contribution in [0.4, 0.5) is 0 Å². The van der Waals surface area contributed by atoms with Gasteiger partial charge in [0.15, 0.2) is 6.61 Å². The van der Waals surface area contributed by atoms with Crippen molar-refractivity contribution in [3.05, 3.63) is 131 Å². The van der Waals surface area contributed by atoms with Gasteiger partial charge in [0.25, 0.3) is 11.8 Å². The zero-order valence-electron chi connectivity index (χ0n) is 23.8. The lowest BCUT2D eigenvalue weighted by atomic mass is 10.1. The first-order valence-corrected chi connectivity index (χ1v) is 15.2. The van der Waals surface area contributed by atoms with Gasteiger partial charge in [0.2, 0.25) is 10.0 Å². The van der Waals surface area contributed by atoms with Crippen LogP contribution in [0.1, 0.15) is 22.3 Å². The van der Waals surface area contributed by atoms with E-state index in [0.29, 0.717) is 24.3 Å². The molecule has 4 rings (SSSR count). The number of carbonyl (C=O) groups excluding carboxylic acids is 2. The highest BCUT2D eigenvalue weighted by Gasteiger charge is 2.26. The van der Waals surface area contributed by atoms with Crippen LogP contribution in [0.15, 0.2) is 119 Å². The van der Waals surface area contributed by atoms with Gasteiger partial charge in [-0.15, -0.1) is 0 Å². The lowest BCUT2D eigenvalue weighted by Crippen LogP contribution is -2.40. The number of amides is 2. The largest absolute Gasteiger partial charge is 0.484 e. The van der Waals surface area contributed by atoms with Gasteiger partial charge in [-0.05, 0) is 66.4 Å². The van der Waals surface area contributed by atoms with Crippen molar-refractivity contribution in [3.8, 4) is 5.75 Å². The summed E-state index contributed by atoms with van der Waals surface area (Å²) in [5, 5.41) is 6.79. The van der Waals surface area contributed by atoms with Crippen molar-refractivity contribution < 1.29 is 22.7 Å². The zero-order valence-corrected chi connectivity index (χ0v) is 24.7. The van der Waals surface area contributed by atoms with E-state index < -0.39 is 15.9 Å². The van der Waals surface area contributed by atoms with Crippen molar-refractivity contribution >= 4 is 28.1 Å². The Labute approximate surface area is 252 Å². The Hall–Kier alpha value is -4.80. The predicted octanol–water partition coefficient (Wildman–Crippen LogP) is 4.07. The van der Waals surface area contributed by atoms with Crippen LogP contribution in [0.5, 0.6) is 5.75 Å². The molecule has 2 amide bonds. The van der Waals surface area contributed by atoms with E-state index in [0.717, 1.165) is 21.0 Å². The molecule has 0 aliphatic rings. The number of aryl methyl sites for hydroxylation is 1. The Morgan fingerprint density at radius 1 is 0.814 bits per heavy atom. The molecule has 0 spiro atoms. The number of sulfonamides is 1. The van der Waals surface area contributed by atoms with E-state index in [1.165, 1.54) is 6.21 Å². The molecule has 0 bridgehead atoms. The lowest BCUT2D eigenvalue weighted by molar-refractivity contribution is -0.123. The fraction of sp³-hybridized carbons (Fsp3) is 0.182. The second-order valence-corrected chi connectivity index (χ2v) is 11.7. The van der Waals surface area contributed by atoms with Crippen molar-refractivity contribution in [1.29, 1.82) is 0 Å². The molecule has 0 aliphatic heterocycles. The van der Waals surface area contributed by atoms with E-state index in [1.54, 1.807) is 48.5 Å². The van der Waals surface area contributed by atoms with Crippen molar-refractivity contribution in [3.63, 3.8) is 0 Å². The number of hydrogen-bond donors (Lipinski definition) is 2. The van der Waals surface area contributed by atoms with Gasteiger partial charge in [0.1, 0.15) is 5.75 Å². The van der Waals surface area contributed by atoms with Crippen LogP contribution in [0.2, 0.25) is 0 Å². The molecule has 0 aromatic heterocycles. The van der Waals surface area contributed by atoms with Crippen molar-refractivity contribution in [1.82, 2.24) is 15.0 Å². The molecule has 0 aliphatic carbocycles. The Morgan fingerprint density at radius 2 is 1.44 bits per heavy atom. The molecule has 0 atom stereocenters. The number of nitrogens with one attached hydrogen (secondary N) is 2. The number of nitrogens with zero attached hydrogens (tertiary/aromatic N) is 2. The first-order chi connectivity index (χ1) is 20.8. The SMILES string of the molecule is Cc1ccc(S(=O)(=O)N(CCc2ccccc2)CC(=O)N/N=C/c2ccc(OCC(=O)NCc3ccccc3)cc2)cc1. The summed E-state index contributed by atoms with van der Waals surface area (Å²) < 4.78 is 33.5. The first kappa shape index (κ1) is 31.1. The third-order valence-corrected chi connectivity index (χ3v) is 8.32. The van der Waals surface area contributed by atoms with E-state index in [4.69, 9.17) is 4.74 Å². The van der Waals surface area contributed by atoms with Gasteiger partial charge >= 0.3 is 0 Å². The average Bonchev–Trinajstić information content (AvgIpc) is 3.02. The van der Waals surface area contributed by atoms with Crippen molar-refractivity contribution in [2.75, 3.05) is 19.7 Å². The molecule has 0 saturated heterocycles. The summed E-state index contributed by atoms with van der Waals surface area (Å²) in [5.41, 5.74) is 5.99. The number of benzene rings is 4.